The Balaban J connectivity index is 0.882. The standard InChI is InChI=1S/C52H70N18O9S/c1-70(29-34-28-60-46-44(61-34)45(53)66-51(54)67-46)35-20-16-32(17-21-35)48(76)63-37(22-23-42(73)74)50(78)59-27-9-26-58-49(77)36(62-47(75)31-14-18-33(19-15-31)68-69-55)10-6-8-25-57-40(71)12-3-2-7-24-56-41(72)13-5-4-11-39-43-38(30-80-39)64-52(79)65-43/h14-21,28,36-39,43H,2-13,22-27,29-30H2,1H3,(H,56,72)(H,57,71)(H,58,77)(H,59,78)(H,62,75)(H,63,76)(H,73,74)(H2,64,65,79)(H4,53,54,60,66,67)/t36-,37-,38-,39-,43-/m0/s1. The van der Waals surface area contributed by atoms with Crippen LogP contribution in [-0.4, -0.2) is 141 Å². The van der Waals surface area contributed by atoms with Crippen LogP contribution >= 0.6 is 11.8 Å². The van der Waals surface area contributed by atoms with Crippen LogP contribution in [0.25, 0.3) is 21.6 Å². The van der Waals surface area contributed by atoms with Crippen LogP contribution in [0.4, 0.5) is 27.9 Å². The largest absolute Gasteiger partial charge is 0.481 e. The summed E-state index contributed by atoms with van der Waals surface area (Å²) in [5.74, 6) is -2.50. The molecule has 80 heavy (non-hydrogen) atoms. The Kier molecular flexibility index (Phi) is 23.7. The van der Waals surface area contributed by atoms with Gasteiger partial charge in [-0.15, -0.1) is 0 Å². The number of nitrogens with two attached hydrogens (primary N) is 2. The quantitative estimate of drug-likeness (QED) is 0.0107. The molecule has 0 bridgehead atoms. The number of hydrogen-bond donors (Lipinski definition) is 11. The lowest BCUT2D eigenvalue weighted by Crippen LogP contribution is -2.48. The average molecular weight is 1120 g/mol. The molecule has 6 rings (SSSR count). The average Bonchev–Trinajstić information content (AvgIpc) is 4.01. The summed E-state index contributed by atoms with van der Waals surface area (Å²) in [6.45, 7) is 1.37. The van der Waals surface area contributed by atoms with Gasteiger partial charge in [-0.2, -0.15) is 21.7 Å². The van der Waals surface area contributed by atoms with Crippen LogP contribution in [0.1, 0.15) is 116 Å². The van der Waals surface area contributed by atoms with Crippen molar-refractivity contribution in [1.82, 2.24) is 62.5 Å². The molecule has 4 aromatic rings. The Bertz CT molecular complexity index is 2860. The molecule has 8 amide bonds. The molecule has 2 aliphatic rings. The van der Waals surface area contributed by atoms with E-state index in [9.17, 15) is 43.5 Å². The second-order valence-electron chi connectivity index (χ2n) is 19.4. The summed E-state index contributed by atoms with van der Waals surface area (Å²) in [5, 5.41) is 36.0. The number of carboxylic acids is 1. The number of carbonyl (C=O) groups is 8. The summed E-state index contributed by atoms with van der Waals surface area (Å²) in [4.78, 5) is 123. The van der Waals surface area contributed by atoms with Gasteiger partial charge in [-0.3, -0.25) is 33.6 Å². The van der Waals surface area contributed by atoms with Crippen molar-refractivity contribution in [3.63, 3.8) is 0 Å². The van der Waals surface area contributed by atoms with Gasteiger partial charge in [0, 0.05) is 90.9 Å². The van der Waals surface area contributed by atoms with Gasteiger partial charge in [-0.25, -0.2) is 14.8 Å². The number of anilines is 3. The van der Waals surface area contributed by atoms with Crippen molar-refractivity contribution < 1.29 is 43.5 Å². The predicted octanol–water partition coefficient (Wildman–Crippen LogP) is 3.24. The van der Waals surface area contributed by atoms with Gasteiger partial charge in [0.05, 0.1) is 30.5 Å². The van der Waals surface area contributed by atoms with Crippen molar-refractivity contribution in [2.75, 3.05) is 55.3 Å². The van der Waals surface area contributed by atoms with Crippen molar-refractivity contribution in [3.8, 4) is 0 Å². The molecular formula is C52H70N18O9S. The van der Waals surface area contributed by atoms with E-state index < -0.39 is 48.1 Å². The molecule has 0 unspecified atom stereocenters. The fourth-order valence-electron chi connectivity index (χ4n) is 9.01. The van der Waals surface area contributed by atoms with E-state index in [0.29, 0.717) is 73.9 Å². The first kappa shape index (κ1) is 60.7. The maximum atomic E-state index is 13.5. The topological polar surface area (TPSA) is 409 Å². The molecule has 2 fully saturated rings. The van der Waals surface area contributed by atoms with E-state index in [1.807, 2.05) is 23.7 Å². The number of nitrogens with one attached hydrogen (secondary N) is 8. The number of fused-ring (bicyclic) bond motifs is 2. The lowest BCUT2D eigenvalue weighted by Gasteiger charge is -2.20. The third-order valence-corrected chi connectivity index (χ3v) is 14.8. The highest BCUT2D eigenvalue weighted by molar-refractivity contribution is 8.00. The number of benzene rings is 2. The molecule has 27 nitrogen and oxygen atoms in total. The number of aliphatic carboxylic acids is 1. The number of amides is 8. The Morgan fingerprint density at radius 1 is 0.750 bits per heavy atom. The fourth-order valence-corrected chi connectivity index (χ4v) is 10.5. The normalized spacial score (nSPS) is 15.9. The van der Waals surface area contributed by atoms with Crippen molar-refractivity contribution in [2.24, 2.45) is 5.11 Å². The summed E-state index contributed by atoms with van der Waals surface area (Å²) in [5.41, 5.74) is 23.0. The number of carbonyl (C=O) groups excluding carboxylic acids is 7. The molecule has 0 spiro atoms. The molecule has 0 radical (unpaired) electrons. The second-order valence-corrected chi connectivity index (χ2v) is 20.7. The minimum absolute atomic E-state index is 0.0106. The van der Waals surface area contributed by atoms with Crippen molar-refractivity contribution in [3.05, 3.63) is 82.0 Å². The van der Waals surface area contributed by atoms with E-state index in [-0.39, 0.29) is 90.8 Å². The maximum absolute atomic E-state index is 13.5. The number of carboxylic acid groups (broad SMARTS) is 1. The van der Waals surface area contributed by atoms with Gasteiger partial charge < -0.3 is 64.0 Å². The van der Waals surface area contributed by atoms with E-state index in [1.54, 1.807) is 30.5 Å². The van der Waals surface area contributed by atoms with Gasteiger partial charge in [0.15, 0.2) is 17.0 Å². The zero-order valence-corrected chi connectivity index (χ0v) is 45.4. The van der Waals surface area contributed by atoms with E-state index in [1.165, 1.54) is 24.3 Å². The number of aromatic nitrogens is 4. The fraction of sp³-hybridized carbons (Fsp3) is 0.500. The predicted molar refractivity (Wildman–Crippen MR) is 300 cm³/mol. The lowest BCUT2D eigenvalue weighted by atomic mass is 10.0. The van der Waals surface area contributed by atoms with E-state index in [4.69, 9.17) is 17.0 Å². The Labute approximate surface area is 466 Å². The number of azide groups is 1. The van der Waals surface area contributed by atoms with Gasteiger partial charge >= 0.3 is 12.0 Å². The Morgan fingerprint density at radius 3 is 1.99 bits per heavy atom. The summed E-state index contributed by atoms with van der Waals surface area (Å²) < 4.78 is 0. The van der Waals surface area contributed by atoms with Crippen molar-refractivity contribution in [2.45, 2.75) is 126 Å². The molecule has 28 heteroatoms. The zero-order valence-electron chi connectivity index (χ0n) is 44.6. The minimum atomic E-state index is -1.19. The molecule has 2 aromatic carbocycles. The van der Waals surface area contributed by atoms with Gasteiger partial charge in [0.1, 0.15) is 12.1 Å². The number of unbranched alkanes of at least 4 members (excludes halogenated alkanes) is 4. The first-order valence-corrected chi connectivity index (χ1v) is 27.7. The molecule has 428 valence electrons. The number of thioether (sulfide) groups is 1. The highest BCUT2D eigenvalue weighted by Crippen LogP contribution is 2.33. The van der Waals surface area contributed by atoms with Crippen LogP contribution in [0.15, 0.2) is 59.8 Å². The molecule has 2 aromatic heterocycles. The van der Waals surface area contributed by atoms with Crippen LogP contribution in [0.3, 0.4) is 0 Å². The third kappa shape index (κ3) is 19.4. The number of nitrogen functional groups attached to an aromatic ring is 2. The molecular weight excluding hydrogens is 1050 g/mol. The molecule has 0 saturated carbocycles. The van der Waals surface area contributed by atoms with Crippen molar-refractivity contribution >= 4 is 93.5 Å². The van der Waals surface area contributed by atoms with Crippen LogP contribution in [-0.2, 0) is 30.5 Å². The summed E-state index contributed by atoms with van der Waals surface area (Å²) in [6, 6.07) is 10.5. The molecule has 0 aliphatic carbocycles. The van der Waals surface area contributed by atoms with Crippen LogP contribution in [0.5, 0.6) is 0 Å². The first-order valence-electron chi connectivity index (χ1n) is 26.7. The van der Waals surface area contributed by atoms with Crippen LogP contribution in [0.2, 0.25) is 0 Å². The molecule has 13 N–H and O–H groups in total. The zero-order chi connectivity index (χ0) is 57.4. The number of rotatable bonds is 33. The Morgan fingerprint density at radius 2 is 1.35 bits per heavy atom. The van der Waals surface area contributed by atoms with Gasteiger partial charge in [-0.05, 0) is 99.7 Å². The van der Waals surface area contributed by atoms with Crippen LogP contribution in [0, 0.1) is 0 Å². The SMILES string of the molecule is CN(Cc1cnc2nc(N)nc(N)c2n1)c1ccc(C(=O)N[C@@H](CCC(=O)O)C(=O)NCCCNC(=O)[C@H](CCCCNC(=O)CCCCCNC(=O)CCCC[C@@H]2SC[C@@H]3NC(=O)N[C@@H]32)NC(=O)c2ccc(N=[N+]=[N-])cc2)cc1. The second kappa shape index (κ2) is 31.2. The summed E-state index contributed by atoms with van der Waals surface area (Å²) >= 11 is 1.86. The van der Waals surface area contributed by atoms with Gasteiger partial charge in [0.25, 0.3) is 11.8 Å². The van der Waals surface area contributed by atoms with Gasteiger partial charge in [0.2, 0.25) is 29.6 Å². The van der Waals surface area contributed by atoms with Crippen LogP contribution < -0.4 is 58.9 Å². The first-order chi connectivity index (χ1) is 38.6. The lowest BCUT2D eigenvalue weighted by molar-refractivity contribution is -0.137. The molecule has 4 heterocycles. The van der Waals surface area contributed by atoms with E-state index in [2.05, 4.69) is 72.5 Å². The Hall–Kier alpha value is -8.52. The minimum Gasteiger partial charge on any atom is -0.481 e. The highest BCUT2D eigenvalue weighted by Gasteiger charge is 2.42. The number of urea groups is 1. The number of nitrogens with zero attached hydrogens (tertiary/aromatic N) is 8. The van der Waals surface area contributed by atoms with E-state index >= 15 is 0 Å². The summed E-state index contributed by atoms with van der Waals surface area (Å²) in [6.07, 6.45) is 8.05. The summed E-state index contributed by atoms with van der Waals surface area (Å²) in [7, 11) is 1.81. The van der Waals surface area contributed by atoms with Crippen molar-refractivity contribution in [1.29, 1.82) is 0 Å². The third-order valence-electron chi connectivity index (χ3n) is 13.3. The van der Waals surface area contributed by atoms with Gasteiger partial charge in [-0.1, -0.05) is 30.1 Å². The molecule has 2 saturated heterocycles. The highest BCUT2D eigenvalue weighted by atomic mass is 32.2. The van der Waals surface area contributed by atoms with E-state index in [0.717, 1.165) is 43.5 Å². The molecule has 5 atom stereocenters. The molecule has 2 aliphatic heterocycles. The number of hydrogen-bond acceptors (Lipinski definition) is 17. The maximum Gasteiger partial charge on any atom is 0.315 e. The monoisotopic (exact) mass is 1120 g/mol. The smallest absolute Gasteiger partial charge is 0.315 e.